The molecule has 9 heteroatoms. The van der Waals surface area contributed by atoms with Crippen LogP contribution >= 0.6 is 0 Å². The van der Waals surface area contributed by atoms with E-state index in [1.807, 2.05) is 42.8 Å². The summed E-state index contributed by atoms with van der Waals surface area (Å²) in [5.74, 6) is 0. The van der Waals surface area contributed by atoms with Gasteiger partial charge in [0.05, 0.1) is 11.9 Å². The van der Waals surface area contributed by atoms with E-state index in [4.69, 9.17) is 4.98 Å². The van der Waals surface area contributed by atoms with Gasteiger partial charge in [-0.05, 0) is 90.6 Å². The number of aliphatic hydroxyl groups excluding tert-OH is 1. The number of H-pyrrole nitrogens is 1. The normalized spacial score (nSPS) is 12.6. The van der Waals surface area contributed by atoms with Crippen molar-refractivity contribution in [2.75, 3.05) is 27.2 Å². The third kappa shape index (κ3) is 6.99. The molecule has 1 aromatic carbocycles. The predicted molar refractivity (Wildman–Crippen MR) is 157 cm³/mol. The van der Waals surface area contributed by atoms with Crippen molar-refractivity contribution in [3.63, 3.8) is 0 Å². The lowest BCUT2D eigenvalue weighted by Crippen LogP contribution is -2.26. The summed E-state index contributed by atoms with van der Waals surface area (Å²) in [5, 5.41) is 23.3. The Morgan fingerprint density at radius 3 is 2.64 bits per heavy atom. The molecule has 1 unspecified atom stereocenters. The number of nitrogens with one attached hydrogen (secondary N) is 3. The zero-order chi connectivity index (χ0) is 28.1. The van der Waals surface area contributed by atoms with Crippen LogP contribution in [0.2, 0.25) is 0 Å². The average molecular weight is 532 g/mol. The van der Waals surface area contributed by atoms with Crippen molar-refractivity contribution in [3.05, 3.63) is 80.9 Å². The molecule has 208 valence electrons. The van der Waals surface area contributed by atoms with Crippen molar-refractivity contribution in [1.82, 2.24) is 35.3 Å². The summed E-state index contributed by atoms with van der Waals surface area (Å²) in [4.78, 5) is 22.5. The van der Waals surface area contributed by atoms with Crippen LogP contribution in [0.3, 0.4) is 0 Å². The number of aromatic amines is 1. The monoisotopic (exact) mass is 531 g/mol. The molecule has 0 aliphatic heterocycles. The summed E-state index contributed by atoms with van der Waals surface area (Å²) in [6.07, 6.45) is 1.83. The van der Waals surface area contributed by atoms with Gasteiger partial charge in [0.25, 0.3) is 5.56 Å². The van der Waals surface area contributed by atoms with Gasteiger partial charge in [-0.15, -0.1) is 0 Å². The number of rotatable bonds is 12. The second kappa shape index (κ2) is 12.7. The SMILES string of the molecule is Cc1cc(C)c(CNC(O)c2cc(-c3cccc(CNCCCN(C)C)c3)nc3c2cnn3C(C)C)c(=O)[nH]1. The summed E-state index contributed by atoms with van der Waals surface area (Å²) in [7, 11) is 4.17. The van der Waals surface area contributed by atoms with Gasteiger partial charge in [0.2, 0.25) is 0 Å². The smallest absolute Gasteiger partial charge is 0.252 e. The molecule has 4 rings (SSSR count). The number of aryl methyl sites for hydroxylation is 2. The van der Waals surface area contributed by atoms with E-state index in [0.717, 1.165) is 59.6 Å². The summed E-state index contributed by atoms with van der Waals surface area (Å²) in [6, 6.07) is 12.3. The highest BCUT2D eigenvalue weighted by molar-refractivity contribution is 5.83. The number of nitrogens with zero attached hydrogens (tertiary/aromatic N) is 4. The number of hydrogen-bond acceptors (Lipinski definition) is 7. The van der Waals surface area contributed by atoms with Gasteiger partial charge in [-0.2, -0.15) is 5.10 Å². The molecule has 0 bridgehead atoms. The van der Waals surface area contributed by atoms with Gasteiger partial charge in [0.1, 0.15) is 6.23 Å². The Hall–Kier alpha value is -3.37. The molecule has 0 spiro atoms. The van der Waals surface area contributed by atoms with Crippen LogP contribution in [-0.4, -0.2) is 56.9 Å². The molecule has 0 aliphatic rings. The molecule has 0 saturated heterocycles. The molecule has 0 fully saturated rings. The van der Waals surface area contributed by atoms with Gasteiger partial charge in [-0.25, -0.2) is 9.67 Å². The fourth-order valence-corrected chi connectivity index (χ4v) is 4.80. The van der Waals surface area contributed by atoms with Crippen LogP contribution < -0.4 is 16.2 Å². The maximum absolute atomic E-state index is 12.5. The maximum atomic E-state index is 12.5. The van der Waals surface area contributed by atoms with E-state index in [1.54, 1.807) is 6.20 Å². The fraction of sp³-hybridized carbons (Fsp3) is 0.433. The van der Waals surface area contributed by atoms with E-state index in [1.165, 1.54) is 5.56 Å². The largest absolute Gasteiger partial charge is 0.374 e. The van der Waals surface area contributed by atoms with Crippen molar-refractivity contribution in [3.8, 4) is 11.3 Å². The van der Waals surface area contributed by atoms with Crippen LogP contribution in [0, 0.1) is 13.8 Å². The first-order chi connectivity index (χ1) is 18.6. The molecule has 4 N–H and O–H groups in total. The van der Waals surface area contributed by atoms with Gasteiger partial charge in [-0.1, -0.05) is 18.2 Å². The highest BCUT2D eigenvalue weighted by atomic mass is 16.3. The Kier molecular flexibility index (Phi) is 9.29. The van der Waals surface area contributed by atoms with Crippen molar-refractivity contribution in [2.45, 2.75) is 59.5 Å². The van der Waals surface area contributed by atoms with Crippen LogP contribution in [-0.2, 0) is 13.1 Å². The van der Waals surface area contributed by atoms with E-state index >= 15 is 0 Å². The third-order valence-corrected chi connectivity index (χ3v) is 6.86. The average Bonchev–Trinajstić information content (AvgIpc) is 3.31. The molecular weight excluding hydrogens is 490 g/mol. The number of hydrogen-bond donors (Lipinski definition) is 4. The Balaban J connectivity index is 1.62. The number of fused-ring (bicyclic) bond motifs is 1. The quantitative estimate of drug-likeness (QED) is 0.163. The minimum atomic E-state index is -1.01. The second-order valence-electron chi connectivity index (χ2n) is 10.8. The van der Waals surface area contributed by atoms with E-state index in [0.29, 0.717) is 11.1 Å². The first-order valence-corrected chi connectivity index (χ1v) is 13.6. The highest BCUT2D eigenvalue weighted by Gasteiger charge is 2.19. The van der Waals surface area contributed by atoms with Crippen LogP contribution in [0.15, 0.2) is 47.4 Å². The maximum Gasteiger partial charge on any atom is 0.252 e. The Labute approximate surface area is 230 Å². The van der Waals surface area contributed by atoms with Crippen LogP contribution in [0.5, 0.6) is 0 Å². The van der Waals surface area contributed by atoms with Gasteiger partial charge < -0.3 is 20.3 Å². The molecule has 0 saturated carbocycles. The lowest BCUT2D eigenvalue weighted by Gasteiger charge is -2.17. The number of aromatic nitrogens is 4. The number of benzene rings is 1. The number of aliphatic hydroxyl groups is 1. The Bertz CT molecular complexity index is 1470. The van der Waals surface area contributed by atoms with Crippen molar-refractivity contribution < 1.29 is 5.11 Å². The highest BCUT2D eigenvalue weighted by Crippen LogP contribution is 2.30. The molecule has 0 radical (unpaired) electrons. The lowest BCUT2D eigenvalue weighted by atomic mass is 10.0. The molecule has 39 heavy (non-hydrogen) atoms. The summed E-state index contributed by atoms with van der Waals surface area (Å²) >= 11 is 0. The van der Waals surface area contributed by atoms with Crippen LogP contribution in [0.25, 0.3) is 22.3 Å². The molecule has 3 heterocycles. The first-order valence-electron chi connectivity index (χ1n) is 13.6. The van der Waals surface area contributed by atoms with E-state index in [9.17, 15) is 9.90 Å². The standard InChI is InChI=1S/C30H41N7O2/c1-19(2)37-28-26(18-33-37)24(29(38)32-17-25-20(3)13-21(4)34-30(25)39)15-27(35-28)23-10-7-9-22(14-23)16-31-11-8-12-36(5)6/h7,9-10,13-15,18-19,29,31-32,38H,8,11-12,16-17H2,1-6H3,(H,34,39). The molecular formula is C30H41N7O2. The summed E-state index contributed by atoms with van der Waals surface area (Å²) in [6.45, 7) is 10.9. The Morgan fingerprint density at radius 2 is 1.92 bits per heavy atom. The molecule has 4 aromatic rings. The first kappa shape index (κ1) is 28.6. The van der Waals surface area contributed by atoms with Crippen LogP contribution in [0.4, 0.5) is 0 Å². The molecule has 9 nitrogen and oxygen atoms in total. The third-order valence-electron chi connectivity index (χ3n) is 6.86. The fourth-order valence-electron chi connectivity index (χ4n) is 4.80. The number of pyridine rings is 2. The topological polar surface area (TPSA) is 111 Å². The Morgan fingerprint density at radius 1 is 1.13 bits per heavy atom. The van der Waals surface area contributed by atoms with E-state index in [2.05, 4.69) is 65.7 Å². The lowest BCUT2D eigenvalue weighted by molar-refractivity contribution is 0.138. The van der Waals surface area contributed by atoms with E-state index < -0.39 is 6.23 Å². The molecule has 0 aliphatic carbocycles. The second-order valence-corrected chi connectivity index (χ2v) is 10.8. The molecule has 0 amide bonds. The van der Waals surface area contributed by atoms with Gasteiger partial charge in [-0.3, -0.25) is 10.1 Å². The van der Waals surface area contributed by atoms with E-state index in [-0.39, 0.29) is 18.1 Å². The zero-order valence-electron chi connectivity index (χ0n) is 23.9. The summed E-state index contributed by atoms with van der Waals surface area (Å²) < 4.78 is 1.88. The minimum absolute atomic E-state index is 0.106. The van der Waals surface area contributed by atoms with Gasteiger partial charge >= 0.3 is 0 Å². The van der Waals surface area contributed by atoms with Crippen molar-refractivity contribution >= 4 is 11.0 Å². The summed E-state index contributed by atoms with van der Waals surface area (Å²) in [5.41, 5.74) is 6.46. The van der Waals surface area contributed by atoms with Crippen molar-refractivity contribution in [1.29, 1.82) is 0 Å². The van der Waals surface area contributed by atoms with Crippen LogP contribution in [0.1, 0.15) is 60.5 Å². The minimum Gasteiger partial charge on any atom is -0.374 e. The molecule has 1 atom stereocenters. The van der Waals surface area contributed by atoms with Crippen molar-refractivity contribution in [2.24, 2.45) is 0 Å². The zero-order valence-corrected chi connectivity index (χ0v) is 23.9. The molecule has 3 aromatic heterocycles. The van der Waals surface area contributed by atoms with Gasteiger partial charge in [0.15, 0.2) is 5.65 Å². The van der Waals surface area contributed by atoms with Gasteiger partial charge in [0, 0.05) is 46.9 Å². The predicted octanol–water partition coefficient (Wildman–Crippen LogP) is 3.81.